The highest BCUT2D eigenvalue weighted by molar-refractivity contribution is 7.18. The molecule has 1 aliphatic carbocycles. The van der Waals surface area contributed by atoms with Crippen LogP contribution in [0, 0.1) is 24.2 Å². The number of likely N-dealkylation sites (tertiary alicyclic amines) is 1. The van der Waals surface area contributed by atoms with Crippen LogP contribution in [0.1, 0.15) is 33.6 Å². The second kappa shape index (κ2) is 9.85. The summed E-state index contributed by atoms with van der Waals surface area (Å²) in [5, 5.41) is 12.7. The van der Waals surface area contributed by atoms with Gasteiger partial charge in [-0.05, 0) is 41.3 Å². The lowest BCUT2D eigenvalue weighted by atomic mass is 9.98. The third-order valence-electron chi connectivity index (χ3n) is 7.04. The van der Waals surface area contributed by atoms with E-state index in [1.54, 1.807) is 0 Å². The van der Waals surface area contributed by atoms with Crippen LogP contribution in [0.3, 0.4) is 0 Å². The van der Waals surface area contributed by atoms with E-state index in [1.807, 2.05) is 30.0 Å². The van der Waals surface area contributed by atoms with E-state index < -0.39 is 37.2 Å². The molecule has 2 atom stereocenters. The maximum atomic E-state index is 13.5. The lowest BCUT2D eigenvalue weighted by molar-refractivity contribution is -0.144. The van der Waals surface area contributed by atoms with Crippen molar-refractivity contribution < 1.29 is 26.3 Å². The Labute approximate surface area is 218 Å². The van der Waals surface area contributed by atoms with E-state index in [2.05, 4.69) is 21.4 Å². The molecule has 1 aromatic carbocycles. The van der Waals surface area contributed by atoms with Crippen molar-refractivity contribution in [1.29, 1.82) is 5.26 Å². The van der Waals surface area contributed by atoms with E-state index in [0.717, 1.165) is 33.6 Å². The molecular weight excluding hydrogens is 528 g/mol. The number of alkyl halides is 6. The molecule has 5 nitrogen and oxygen atoms in total. The molecule has 200 valence electrons. The Morgan fingerprint density at radius 3 is 2.63 bits per heavy atom. The first-order valence-electron chi connectivity index (χ1n) is 12.0. The molecule has 1 saturated heterocycles. The Balaban J connectivity index is 1.38. The average molecular weight is 552 g/mol. The number of thiophene rings is 1. The van der Waals surface area contributed by atoms with Crippen LogP contribution in [0.25, 0.3) is 16.3 Å². The number of anilines is 1. The molecule has 1 fully saturated rings. The predicted molar refractivity (Wildman–Crippen MR) is 132 cm³/mol. The summed E-state index contributed by atoms with van der Waals surface area (Å²) in [5.74, 6) is -0.533. The fourth-order valence-corrected chi connectivity index (χ4v) is 6.36. The number of halogens is 6. The summed E-state index contributed by atoms with van der Waals surface area (Å²) in [5.41, 5.74) is 4.72. The highest BCUT2D eigenvalue weighted by Crippen LogP contribution is 2.37. The standard InChI is InChI=1S/C26H23F6N5S/c1-14-17(3-2-16-4-15(9-33)5-20(14)16)10-37-11-18(7-25(27,28)29)22(12-37)36-23-21-6-19(8-26(30,31)32)38-24(21)35-13-34-23/h2-3,5-6,13,18,22H,4,7-8,10-12H2,1H3,(H,34,35,36). The van der Waals surface area contributed by atoms with Crippen molar-refractivity contribution in [1.82, 2.24) is 14.9 Å². The lowest BCUT2D eigenvalue weighted by Gasteiger charge is -2.21. The van der Waals surface area contributed by atoms with E-state index in [0.29, 0.717) is 35.3 Å². The molecule has 0 spiro atoms. The molecule has 0 amide bonds. The van der Waals surface area contributed by atoms with E-state index in [1.165, 1.54) is 12.4 Å². The van der Waals surface area contributed by atoms with Crippen LogP contribution in [0.2, 0.25) is 0 Å². The molecule has 2 aliphatic rings. The van der Waals surface area contributed by atoms with Gasteiger partial charge in [0.15, 0.2) is 0 Å². The Morgan fingerprint density at radius 1 is 1.13 bits per heavy atom. The third kappa shape index (κ3) is 5.78. The van der Waals surface area contributed by atoms with Crippen molar-refractivity contribution in [2.24, 2.45) is 5.92 Å². The van der Waals surface area contributed by atoms with Gasteiger partial charge in [0.25, 0.3) is 0 Å². The van der Waals surface area contributed by atoms with Crippen molar-refractivity contribution >= 4 is 33.4 Å². The highest BCUT2D eigenvalue weighted by Gasteiger charge is 2.41. The van der Waals surface area contributed by atoms with Crippen LogP contribution < -0.4 is 5.32 Å². The molecule has 1 aliphatic heterocycles. The molecule has 2 unspecified atom stereocenters. The molecular formula is C26H23F6N5S. The Bertz CT molecular complexity index is 1430. The molecule has 5 rings (SSSR count). The van der Waals surface area contributed by atoms with Crippen molar-refractivity contribution in [2.45, 2.75) is 51.1 Å². The zero-order chi connectivity index (χ0) is 27.2. The SMILES string of the molecule is Cc1c(CN2CC(CC(F)(F)F)C(Nc3ncnc4sc(CC(F)(F)F)cc34)C2)ccc2c1C=C(C#N)C2. The number of nitrogens with one attached hydrogen (secondary N) is 1. The normalized spacial score (nSPS) is 20.0. The minimum Gasteiger partial charge on any atom is -0.365 e. The van der Waals surface area contributed by atoms with Crippen LogP contribution in [0.15, 0.2) is 30.1 Å². The molecule has 0 radical (unpaired) electrons. The molecule has 0 saturated carbocycles. The van der Waals surface area contributed by atoms with Crippen LogP contribution >= 0.6 is 11.3 Å². The summed E-state index contributed by atoms with van der Waals surface area (Å²) < 4.78 is 79.1. The van der Waals surface area contributed by atoms with Crippen LogP contribution in [-0.4, -0.2) is 46.4 Å². The molecule has 2 aromatic heterocycles. The van der Waals surface area contributed by atoms with Gasteiger partial charge in [-0.2, -0.15) is 31.6 Å². The van der Waals surface area contributed by atoms with Gasteiger partial charge in [-0.3, -0.25) is 4.90 Å². The minimum atomic E-state index is -4.38. The van der Waals surface area contributed by atoms with Crippen LogP contribution in [0.4, 0.5) is 32.2 Å². The zero-order valence-electron chi connectivity index (χ0n) is 20.2. The van der Waals surface area contributed by atoms with Gasteiger partial charge in [0, 0.05) is 54.9 Å². The Morgan fingerprint density at radius 2 is 1.92 bits per heavy atom. The van der Waals surface area contributed by atoms with Gasteiger partial charge < -0.3 is 5.32 Å². The topological polar surface area (TPSA) is 64.8 Å². The maximum absolute atomic E-state index is 13.5. The monoisotopic (exact) mass is 551 g/mol. The number of fused-ring (bicyclic) bond motifs is 2. The number of allylic oxidation sites excluding steroid dienone is 1. The summed E-state index contributed by atoms with van der Waals surface area (Å²) >= 11 is 0.896. The van der Waals surface area contributed by atoms with E-state index >= 15 is 0 Å². The molecule has 3 aromatic rings. The summed E-state index contributed by atoms with van der Waals surface area (Å²) in [4.78, 5) is 10.6. The van der Waals surface area contributed by atoms with Gasteiger partial charge in [0.1, 0.15) is 17.0 Å². The van der Waals surface area contributed by atoms with E-state index in [9.17, 15) is 31.6 Å². The van der Waals surface area contributed by atoms with Gasteiger partial charge in [0.2, 0.25) is 0 Å². The van der Waals surface area contributed by atoms with Crippen molar-refractivity contribution in [3.8, 4) is 6.07 Å². The number of nitrogens with zero attached hydrogens (tertiary/aromatic N) is 4. The quantitative estimate of drug-likeness (QED) is 0.358. The highest BCUT2D eigenvalue weighted by atomic mass is 32.1. The summed E-state index contributed by atoms with van der Waals surface area (Å²) in [7, 11) is 0. The number of hydrogen-bond donors (Lipinski definition) is 1. The number of rotatable bonds is 6. The minimum absolute atomic E-state index is 0.0663. The molecule has 1 N–H and O–H groups in total. The van der Waals surface area contributed by atoms with Gasteiger partial charge in [0.05, 0.1) is 17.9 Å². The second-order valence-electron chi connectivity index (χ2n) is 9.85. The smallest absolute Gasteiger partial charge is 0.365 e. The van der Waals surface area contributed by atoms with E-state index in [4.69, 9.17) is 0 Å². The fourth-order valence-electron chi connectivity index (χ4n) is 5.34. The maximum Gasteiger partial charge on any atom is 0.393 e. The second-order valence-corrected chi connectivity index (χ2v) is 11.0. The van der Waals surface area contributed by atoms with Gasteiger partial charge in [-0.15, -0.1) is 11.3 Å². The van der Waals surface area contributed by atoms with Crippen molar-refractivity contribution in [3.05, 3.63) is 57.2 Å². The van der Waals surface area contributed by atoms with Crippen LogP contribution in [-0.2, 0) is 19.4 Å². The first kappa shape index (κ1) is 26.4. The summed E-state index contributed by atoms with van der Waals surface area (Å²) in [6.45, 7) is 2.90. The Hall–Kier alpha value is -3.17. The molecule has 0 bridgehead atoms. The number of aromatic nitrogens is 2. The van der Waals surface area contributed by atoms with Crippen LogP contribution in [0.5, 0.6) is 0 Å². The van der Waals surface area contributed by atoms with Gasteiger partial charge in [-0.25, -0.2) is 9.97 Å². The van der Waals surface area contributed by atoms with Gasteiger partial charge in [-0.1, -0.05) is 12.1 Å². The lowest BCUT2D eigenvalue weighted by Crippen LogP contribution is -2.32. The predicted octanol–water partition coefficient (Wildman–Crippen LogP) is 6.43. The zero-order valence-corrected chi connectivity index (χ0v) is 21.1. The van der Waals surface area contributed by atoms with Crippen molar-refractivity contribution in [2.75, 3.05) is 18.4 Å². The Kier molecular flexibility index (Phi) is 6.86. The van der Waals surface area contributed by atoms with E-state index in [-0.39, 0.29) is 17.2 Å². The largest absolute Gasteiger partial charge is 0.393 e. The number of benzene rings is 1. The molecule has 3 heterocycles. The fraction of sp³-hybridized carbons (Fsp3) is 0.423. The summed E-state index contributed by atoms with van der Waals surface area (Å²) in [6.07, 6.45) is -7.19. The first-order valence-corrected chi connectivity index (χ1v) is 12.8. The average Bonchev–Trinajstić information content (AvgIpc) is 3.51. The third-order valence-corrected chi connectivity index (χ3v) is 8.08. The number of hydrogen-bond acceptors (Lipinski definition) is 6. The summed E-state index contributed by atoms with van der Waals surface area (Å²) in [6, 6.07) is 6.86. The number of nitriles is 1. The molecule has 12 heteroatoms. The molecule has 38 heavy (non-hydrogen) atoms. The van der Waals surface area contributed by atoms with Crippen molar-refractivity contribution in [3.63, 3.8) is 0 Å². The first-order chi connectivity index (χ1) is 17.9. The van der Waals surface area contributed by atoms with Gasteiger partial charge >= 0.3 is 12.4 Å².